The summed E-state index contributed by atoms with van der Waals surface area (Å²) in [6.07, 6.45) is 1.34. The van der Waals surface area contributed by atoms with Crippen molar-refractivity contribution in [3.63, 3.8) is 0 Å². The Labute approximate surface area is 103 Å². The van der Waals surface area contributed by atoms with E-state index in [-0.39, 0.29) is 17.9 Å². The molecule has 0 spiro atoms. The number of amides is 1. The minimum atomic E-state index is -1.02. The van der Waals surface area contributed by atoms with Crippen LogP contribution in [0, 0.1) is 0 Å². The molecule has 0 radical (unpaired) electrons. The first kappa shape index (κ1) is 15.9. The van der Waals surface area contributed by atoms with Crippen molar-refractivity contribution >= 4 is 11.9 Å². The lowest BCUT2D eigenvalue weighted by Gasteiger charge is -2.21. The maximum absolute atomic E-state index is 11.3. The highest BCUT2D eigenvalue weighted by atomic mass is 16.5. The number of ether oxygens (including phenoxy) is 1. The molecule has 1 amide bonds. The summed E-state index contributed by atoms with van der Waals surface area (Å²) in [5.74, 6) is -1.25. The van der Waals surface area contributed by atoms with E-state index in [1.165, 1.54) is 0 Å². The third-order valence-corrected chi connectivity index (χ3v) is 2.05. The molecule has 0 saturated carbocycles. The number of aliphatic carboxylic acids is 1. The van der Waals surface area contributed by atoms with E-state index in [0.29, 0.717) is 19.4 Å². The molecule has 1 atom stereocenters. The molecule has 0 aromatic heterocycles. The molecule has 0 aliphatic rings. The summed E-state index contributed by atoms with van der Waals surface area (Å²) in [4.78, 5) is 22.2. The minimum Gasteiger partial charge on any atom is -0.480 e. The maximum atomic E-state index is 11.3. The highest BCUT2D eigenvalue weighted by Gasteiger charge is 2.20. The van der Waals surface area contributed by atoms with Gasteiger partial charge in [0.25, 0.3) is 0 Å². The van der Waals surface area contributed by atoms with Crippen LogP contribution in [0.3, 0.4) is 0 Å². The zero-order valence-corrected chi connectivity index (χ0v) is 11.1. The molecule has 0 rings (SSSR count). The van der Waals surface area contributed by atoms with Crippen molar-refractivity contribution in [1.82, 2.24) is 5.32 Å². The largest absolute Gasteiger partial charge is 0.480 e. The second-order valence-corrected chi connectivity index (χ2v) is 4.96. The van der Waals surface area contributed by atoms with Gasteiger partial charge in [-0.3, -0.25) is 4.79 Å². The normalized spacial score (nSPS) is 13.2. The van der Waals surface area contributed by atoms with Crippen LogP contribution in [0.4, 0.5) is 0 Å². The average Bonchev–Trinajstić information content (AvgIpc) is 2.14. The number of nitrogens with one attached hydrogen (secondary N) is 1. The minimum absolute atomic E-state index is 0.226. The third kappa shape index (κ3) is 8.68. The molecule has 0 saturated heterocycles. The van der Waals surface area contributed by atoms with Crippen LogP contribution in [-0.2, 0) is 14.3 Å². The smallest absolute Gasteiger partial charge is 0.326 e. The van der Waals surface area contributed by atoms with E-state index in [1.807, 2.05) is 27.7 Å². The molecule has 5 nitrogen and oxygen atoms in total. The van der Waals surface area contributed by atoms with Gasteiger partial charge < -0.3 is 15.2 Å². The maximum Gasteiger partial charge on any atom is 0.326 e. The highest BCUT2D eigenvalue weighted by molar-refractivity contribution is 5.83. The van der Waals surface area contributed by atoms with Crippen LogP contribution in [0.25, 0.3) is 0 Å². The van der Waals surface area contributed by atoms with Crippen molar-refractivity contribution in [3.05, 3.63) is 0 Å². The monoisotopic (exact) mass is 245 g/mol. The average molecular weight is 245 g/mol. The van der Waals surface area contributed by atoms with E-state index < -0.39 is 12.0 Å². The summed E-state index contributed by atoms with van der Waals surface area (Å²) < 4.78 is 5.44. The quantitative estimate of drug-likeness (QED) is 0.713. The van der Waals surface area contributed by atoms with E-state index >= 15 is 0 Å². The Hall–Kier alpha value is -1.10. The zero-order valence-electron chi connectivity index (χ0n) is 11.1. The van der Waals surface area contributed by atoms with Crippen LogP contribution in [0.5, 0.6) is 0 Å². The van der Waals surface area contributed by atoms with E-state index in [1.54, 1.807) is 0 Å². The van der Waals surface area contributed by atoms with Gasteiger partial charge in [0.1, 0.15) is 6.04 Å². The number of hydrogen-bond acceptors (Lipinski definition) is 3. The van der Waals surface area contributed by atoms with Gasteiger partial charge in [-0.1, -0.05) is 6.92 Å². The molecule has 1 unspecified atom stereocenters. The van der Waals surface area contributed by atoms with Gasteiger partial charge in [0.05, 0.1) is 5.60 Å². The number of carbonyl (C=O) groups excluding carboxylic acids is 1. The van der Waals surface area contributed by atoms with Gasteiger partial charge in [-0.25, -0.2) is 4.79 Å². The predicted octanol–water partition coefficient (Wildman–Crippen LogP) is 1.56. The van der Waals surface area contributed by atoms with Crippen molar-refractivity contribution < 1.29 is 19.4 Å². The van der Waals surface area contributed by atoms with E-state index in [4.69, 9.17) is 9.84 Å². The Morgan fingerprint density at radius 3 is 2.35 bits per heavy atom. The van der Waals surface area contributed by atoms with Gasteiger partial charge in [0, 0.05) is 19.4 Å². The Morgan fingerprint density at radius 1 is 1.35 bits per heavy atom. The molecular formula is C12H23NO4. The second-order valence-electron chi connectivity index (χ2n) is 4.96. The zero-order chi connectivity index (χ0) is 13.5. The first-order valence-electron chi connectivity index (χ1n) is 5.92. The number of hydrogen-bond donors (Lipinski definition) is 2. The Bertz CT molecular complexity index is 258. The number of carboxylic acid groups (broad SMARTS) is 1. The van der Waals surface area contributed by atoms with Crippen molar-refractivity contribution in [2.75, 3.05) is 6.61 Å². The molecule has 0 heterocycles. The summed E-state index contributed by atoms with van der Waals surface area (Å²) in [7, 11) is 0. The molecule has 17 heavy (non-hydrogen) atoms. The summed E-state index contributed by atoms with van der Waals surface area (Å²) >= 11 is 0. The Kier molecular flexibility index (Phi) is 6.80. The van der Waals surface area contributed by atoms with Crippen LogP contribution >= 0.6 is 0 Å². The van der Waals surface area contributed by atoms with Crippen molar-refractivity contribution in [2.45, 2.75) is 58.6 Å². The van der Waals surface area contributed by atoms with Gasteiger partial charge in [0.2, 0.25) is 5.91 Å². The number of carbonyl (C=O) groups is 2. The van der Waals surface area contributed by atoms with Gasteiger partial charge in [-0.15, -0.1) is 0 Å². The first-order valence-corrected chi connectivity index (χ1v) is 5.92. The highest BCUT2D eigenvalue weighted by Crippen LogP contribution is 2.08. The topological polar surface area (TPSA) is 75.6 Å². The van der Waals surface area contributed by atoms with Crippen LogP contribution < -0.4 is 5.32 Å². The van der Waals surface area contributed by atoms with Crippen molar-refractivity contribution in [2.24, 2.45) is 0 Å². The lowest BCUT2D eigenvalue weighted by Crippen LogP contribution is -2.41. The molecule has 0 aromatic rings. The number of rotatable bonds is 7. The molecule has 0 aliphatic carbocycles. The SMILES string of the molecule is CCCC(=O)NC(CCOC(C)(C)C)C(=O)O. The van der Waals surface area contributed by atoms with Gasteiger partial charge in [0.15, 0.2) is 0 Å². The summed E-state index contributed by atoms with van der Waals surface area (Å²) in [5, 5.41) is 11.4. The Morgan fingerprint density at radius 2 is 1.94 bits per heavy atom. The number of carboxylic acids is 1. The van der Waals surface area contributed by atoms with Crippen LogP contribution in [0.1, 0.15) is 47.0 Å². The van der Waals surface area contributed by atoms with Crippen LogP contribution in [0.2, 0.25) is 0 Å². The predicted molar refractivity (Wildman–Crippen MR) is 64.8 cm³/mol. The molecule has 0 bridgehead atoms. The molecule has 0 aliphatic heterocycles. The fourth-order valence-corrected chi connectivity index (χ4v) is 1.23. The third-order valence-electron chi connectivity index (χ3n) is 2.05. The van der Waals surface area contributed by atoms with Gasteiger partial charge in [-0.05, 0) is 27.2 Å². The van der Waals surface area contributed by atoms with Crippen molar-refractivity contribution in [1.29, 1.82) is 0 Å². The second kappa shape index (κ2) is 7.27. The molecule has 100 valence electrons. The lowest BCUT2D eigenvalue weighted by molar-refractivity contribution is -0.142. The standard InChI is InChI=1S/C12H23NO4/c1-5-6-10(14)13-9(11(15)16)7-8-17-12(2,3)4/h9H,5-8H2,1-4H3,(H,13,14)(H,15,16). The molecule has 2 N–H and O–H groups in total. The molecule has 0 aromatic carbocycles. The van der Waals surface area contributed by atoms with E-state index in [2.05, 4.69) is 5.32 Å². The van der Waals surface area contributed by atoms with E-state index in [0.717, 1.165) is 0 Å². The summed E-state index contributed by atoms with van der Waals surface area (Å²) in [6, 6.07) is -0.864. The van der Waals surface area contributed by atoms with E-state index in [9.17, 15) is 9.59 Å². The van der Waals surface area contributed by atoms with Gasteiger partial charge in [-0.2, -0.15) is 0 Å². The summed E-state index contributed by atoms with van der Waals surface area (Å²) in [5.41, 5.74) is -0.295. The van der Waals surface area contributed by atoms with Gasteiger partial charge >= 0.3 is 5.97 Å². The fourth-order valence-electron chi connectivity index (χ4n) is 1.23. The van der Waals surface area contributed by atoms with Crippen LogP contribution in [-0.4, -0.2) is 35.2 Å². The molecule has 5 heteroatoms. The molecule has 0 fully saturated rings. The van der Waals surface area contributed by atoms with Crippen LogP contribution in [0.15, 0.2) is 0 Å². The fraction of sp³-hybridized carbons (Fsp3) is 0.833. The lowest BCUT2D eigenvalue weighted by atomic mass is 10.1. The van der Waals surface area contributed by atoms with Crippen molar-refractivity contribution in [3.8, 4) is 0 Å². The Balaban J connectivity index is 4.08. The summed E-state index contributed by atoms with van der Waals surface area (Å²) in [6.45, 7) is 7.89. The first-order chi connectivity index (χ1) is 7.76. The molecular weight excluding hydrogens is 222 g/mol.